The molecule has 5 nitrogen and oxygen atoms in total. The number of para-hydroxylation sites is 1. The molecule has 5 heteroatoms. The molecule has 2 aromatic heterocycles. The normalized spacial score (nSPS) is 13.1. The van der Waals surface area contributed by atoms with Gasteiger partial charge in [0.1, 0.15) is 0 Å². The Morgan fingerprint density at radius 1 is 0.560 bits per heavy atom. The molecule has 0 aliphatic heterocycles. The molecule has 50 heavy (non-hydrogen) atoms. The maximum Gasteiger partial charge on any atom is 0.0998 e. The zero-order chi connectivity index (χ0) is 33.8. The van der Waals surface area contributed by atoms with Crippen molar-refractivity contribution in [2.45, 2.75) is 25.7 Å². The van der Waals surface area contributed by atoms with Gasteiger partial charge >= 0.3 is 0 Å². The molecule has 0 N–H and O–H groups in total. The molecule has 2 heterocycles. The Kier molecular flexibility index (Phi) is 6.84. The summed E-state index contributed by atoms with van der Waals surface area (Å²) in [6.45, 7) is 0. The Morgan fingerprint density at radius 2 is 1.26 bits per heavy atom. The first-order valence-corrected chi connectivity index (χ1v) is 16.9. The summed E-state index contributed by atoms with van der Waals surface area (Å²) in [7, 11) is 0. The second-order valence-corrected chi connectivity index (χ2v) is 12.9. The minimum Gasteiger partial charge on any atom is -0.313 e. The second kappa shape index (κ2) is 11.7. The van der Waals surface area contributed by atoms with Crippen LogP contribution in [0.5, 0.6) is 0 Å². The molecular formula is C45H29N5. The zero-order valence-electron chi connectivity index (χ0n) is 27.2. The van der Waals surface area contributed by atoms with Crippen LogP contribution in [0.4, 0.5) is 0 Å². The van der Waals surface area contributed by atoms with Crippen molar-refractivity contribution in [3.05, 3.63) is 154 Å². The van der Waals surface area contributed by atoms with E-state index in [0.717, 1.165) is 81.1 Å². The largest absolute Gasteiger partial charge is 0.313 e. The van der Waals surface area contributed by atoms with Gasteiger partial charge in [-0.1, -0.05) is 54.6 Å². The van der Waals surface area contributed by atoms with Crippen molar-refractivity contribution in [2.75, 3.05) is 0 Å². The number of hydrogen-bond donors (Lipinski definition) is 0. The second-order valence-electron chi connectivity index (χ2n) is 12.9. The van der Waals surface area contributed by atoms with Crippen LogP contribution in [0.15, 0.2) is 115 Å². The van der Waals surface area contributed by atoms with E-state index in [4.69, 9.17) is 0 Å². The summed E-state index contributed by atoms with van der Waals surface area (Å²) in [6.07, 6.45) is 13.4. The Hall–Kier alpha value is -6.87. The van der Waals surface area contributed by atoms with Crippen LogP contribution in [0.1, 0.15) is 52.0 Å². The molecule has 2 aliphatic carbocycles. The Labute approximate surface area is 290 Å². The lowest BCUT2D eigenvalue weighted by Gasteiger charge is -2.19. The molecule has 0 radical (unpaired) electrons. The van der Waals surface area contributed by atoms with Gasteiger partial charge in [-0.05, 0) is 121 Å². The Balaban J connectivity index is 1.21. The predicted octanol–water partition coefficient (Wildman–Crippen LogP) is 10.4. The van der Waals surface area contributed by atoms with Gasteiger partial charge in [-0.3, -0.25) is 0 Å². The Bertz CT molecular complexity index is 2670. The quantitative estimate of drug-likeness (QED) is 0.192. The van der Waals surface area contributed by atoms with Gasteiger partial charge < -0.3 is 9.13 Å². The summed E-state index contributed by atoms with van der Waals surface area (Å²) in [4.78, 5) is 0. The number of nitriles is 3. The number of benzene rings is 5. The molecule has 0 amide bonds. The van der Waals surface area contributed by atoms with Gasteiger partial charge in [-0.15, -0.1) is 0 Å². The minimum atomic E-state index is 0.560. The third-order valence-electron chi connectivity index (χ3n) is 10.2. The third-order valence-corrected chi connectivity index (χ3v) is 10.2. The first-order chi connectivity index (χ1) is 24.7. The van der Waals surface area contributed by atoms with Crippen molar-refractivity contribution < 1.29 is 0 Å². The molecule has 0 bridgehead atoms. The third kappa shape index (κ3) is 4.51. The van der Waals surface area contributed by atoms with Crippen LogP contribution in [0.25, 0.3) is 67.6 Å². The van der Waals surface area contributed by atoms with Crippen LogP contribution >= 0.6 is 0 Å². The maximum atomic E-state index is 10.3. The lowest BCUT2D eigenvalue weighted by Crippen LogP contribution is -2.06. The van der Waals surface area contributed by atoms with Gasteiger partial charge in [0.2, 0.25) is 0 Å². The van der Waals surface area contributed by atoms with E-state index in [1.807, 2.05) is 48.5 Å². The highest BCUT2D eigenvalue weighted by Gasteiger charge is 2.25. The summed E-state index contributed by atoms with van der Waals surface area (Å²) in [5.41, 5.74) is 15.1. The highest BCUT2D eigenvalue weighted by Crippen LogP contribution is 2.40. The van der Waals surface area contributed by atoms with E-state index in [9.17, 15) is 15.8 Å². The fourth-order valence-corrected chi connectivity index (χ4v) is 7.93. The number of aromatic nitrogens is 2. The van der Waals surface area contributed by atoms with Crippen LogP contribution in [-0.4, -0.2) is 9.13 Å². The highest BCUT2D eigenvalue weighted by atomic mass is 15.0. The van der Waals surface area contributed by atoms with E-state index in [0.29, 0.717) is 16.7 Å². The van der Waals surface area contributed by atoms with Gasteiger partial charge in [0.15, 0.2) is 0 Å². The van der Waals surface area contributed by atoms with Crippen LogP contribution in [0, 0.1) is 34.0 Å². The van der Waals surface area contributed by atoms with Crippen molar-refractivity contribution in [3.8, 4) is 51.8 Å². The molecule has 0 saturated carbocycles. The lowest BCUT2D eigenvalue weighted by atomic mass is 9.95. The van der Waals surface area contributed by atoms with E-state index in [1.54, 1.807) is 0 Å². The van der Waals surface area contributed by atoms with Crippen LogP contribution in [0.2, 0.25) is 0 Å². The Morgan fingerprint density at radius 3 is 2.00 bits per heavy atom. The molecule has 0 fully saturated rings. The van der Waals surface area contributed by atoms with Crippen LogP contribution in [-0.2, 0) is 12.8 Å². The average molecular weight is 640 g/mol. The number of allylic oxidation sites excluding steroid dienone is 2. The molecule has 9 rings (SSSR count). The van der Waals surface area contributed by atoms with Crippen molar-refractivity contribution in [1.29, 1.82) is 15.8 Å². The zero-order valence-corrected chi connectivity index (χ0v) is 27.2. The predicted molar refractivity (Wildman–Crippen MR) is 200 cm³/mol. The average Bonchev–Trinajstić information content (AvgIpc) is 3.69. The highest BCUT2D eigenvalue weighted by molar-refractivity contribution is 6.10. The van der Waals surface area contributed by atoms with Gasteiger partial charge in [0.25, 0.3) is 0 Å². The molecular weight excluding hydrogens is 611 g/mol. The summed E-state index contributed by atoms with van der Waals surface area (Å²) in [5.74, 6) is 0. The molecule has 7 aromatic rings. The van der Waals surface area contributed by atoms with Crippen LogP contribution in [0.3, 0.4) is 0 Å². The first-order valence-electron chi connectivity index (χ1n) is 16.9. The number of hydrogen-bond acceptors (Lipinski definition) is 3. The number of rotatable bonds is 4. The molecule has 0 saturated heterocycles. The van der Waals surface area contributed by atoms with Crippen LogP contribution < -0.4 is 0 Å². The van der Waals surface area contributed by atoms with E-state index < -0.39 is 0 Å². The first kappa shape index (κ1) is 29.3. The summed E-state index contributed by atoms with van der Waals surface area (Å²) < 4.78 is 4.63. The molecule has 5 aromatic carbocycles. The van der Waals surface area contributed by atoms with Gasteiger partial charge in [0.05, 0.1) is 51.6 Å². The SMILES string of the molecule is N#Cc1ccc2c(c1)c1cc(C#N)ccc1n2-c1ccc(C#N)c(-c2cccc(-c3ccccc3-n3c4c(c5c3CCC=C5)CCC=C4)c2)c1. The fourth-order valence-electron chi connectivity index (χ4n) is 7.93. The lowest BCUT2D eigenvalue weighted by molar-refractivity contribution is 0.869. The maximum absolute atomic E-state index is 10.3. The van der Waals surface area contributed by atoms with Gasteiger partial charge in [-0.25, -0.2) is 0 Å². The van der Waals surface area contributed by atoms with Crippen molar-refractivity contribution in [1.82, 2.24) is 9.13 Å². The van der Waals surface area contributed by atoms with E-state index in [2.05, 4.69) is 106 Å². The van der Waals surface area contributed by atoms with Crippen molar-refractivity contribution in [3.63, 3.8) is 0 Å². The van der Waals surface area contributed by atoms with E-state index in [1.165, 1.54) is 22.5 Å². The van der Waals surface area contributed by atoms with Gasteiger partial charge in [0, 0.05) is 39.0 Å². The number of fused-ring (bicyclic) bond motifs is 6. The monoisotopic (exact) mass is 639 g/mol. The smallest absolute Gasteiger partial charge is 0.0998 e. The van der Waals surface area contributed by atoms with Crippen molar-refractivity contribution in [2.24, 2.45) is 0 Å². The van der Waals surface area contributed by atoms with E-state index in [-0.39, 0.29) is 0 Å². The summed E-state index contributed by atoms with van der Waals surface area (Å²) >= 11 is 0. The summed E-state index contributed by atoms with van der Waals surface area (Å²) in [5, 5.41) is 31.4. The topological polar surface area (TPSA) is 81.2 Å². The molecule has 2 aliphatic rings. The molecule has 0 atom stereocenters. The fraction of sp³-hybridized carbons (Fsp3) is 0.0889. The minimum absolute atomic E-state index is 0.560. The summed E-state index contributed by atoms with van der Waals surface area (Å²) in [6, 6.07) is 41.3. The molecule has 234 valence electrons. The van der Waals surface area contributed by atoms with Crippen molar-refractivity contribution >= 4 is 34.0 Å². The van der Waals surface area contributed by atoms with Gasteiger partial charge in [-0.2, -0.15) is 15.8 Å². The molecule has 0 unspecified atom stereocenters. The number of nitrogens with zero attached hydrogens (tertiary/aromatic N) is 5. The standard InChI is InChI=1S/C45H29N5/c46-26-29-16-20-44-39(22-29)40-23-30(27-47)17-21-45(40)49(44)34-19-18-33(28-48)38(25-34)32-9-7-8-31(24-32)35-10-1-4-13-41(35)50-42-14-5-2-11-36(42)37-12-3-6-15-43(37)50/h1-2,4,6-11,13,15-25H,3,5,12,14H2. The van der Waals surface area contributed by atoms with E-state index >= 15 is 0 Å². The molecule has 0 spiro atoms.